The lowest BCUT2D eigenvalue weighted by atomic mass is 10.2. The molecule has 0 spiro atoms. The summed E-state index contributed by atoms with van der Waals surface area (Å²) < 4.78 is 43.8. The number of rotatable bonds is 10. The fourth-order valence-electron chi connectivity index (χ4n) is 2.97. The minimum atomic E-state index is -3.52. The summed E-state index contributed by atoms with van der Waals surface area (Å²) in [5.74, 6) is 0.625. The Bertz CT molecular complexity index is 625. The molecule has 1 heterocycles. The average molecular weight is 387 g/mol. The molecule has 26 heavy (non-hydrogen) atoms. The van der Waals surface area contributed by atoms with Gasteiger partial charge in [0.25, 0.3) is 0 Å². The van der Waals surface area contributed by atoms with Gasteiger partial charge < -0.3 is 14.2 Å². The molecule has 1 saturated heterocycles. The van der Waals surface area contributed by atoms with Crippen LogP contribution in [0.15, 0.2) is 29.2 Å². The molecule has 0 saturated carbocycles. The molecule has 148 valence electrons. The number of nitrogens with zero attached hydrogens (tertiary/aromatic N) is 1. The Morgan fingerprint density at radius 3 is 2.42 bits per heavy atom. The van der Waals surface area contributed by atoms with E-state index in [1.54, 1.807) is 24.3 Å². The average Bonchev–Trinajstić information content (AvgIpc) is 2.58. The van der Waals surface area contributed by atoms with Crippen molar-refractivity contribution in [1.29, 1.82) is 0 Å². The van der Waals surface area contributed by atoms with Crippen LogP contribution in [0, 0.1) is 0 Å². The van der Waals surface area contributed by atoms with Crippen molar-refractivity contribution < 1.29 is 22.6 Å². The molecule has 8 heteroatoms. The quantitative estimate of drug-likeness (QED) is 0.614. The normalized spacial score (nSPS) is 21.7. The molecule has 0 radical (unpaired) electrons. The van der Waals surface area contributed by atoms with E-state index < -0.39 is 10.0 Å². The Morgan fingerprint density at radius 2 is 1.81 bits per heavy atom. The van der Waals surface area contributed by atoms with Gasteiger partial charge in [0.05, 0.1) is 23.7 Å². The first-order chi connectivity index (χ1) is 12.4. The molecule has 1 aliphatic rings. The van der Waals surface area contributed by atoms with Crippen LogP contribution in [0.3, 0.4) is 0 Å². The van der Waals surface area contributed by atoms with Crippen molar-refractivity contribution in [2.45, 2.75) is 37.9 Å². The standard InChI is InChI=1S/C18H30N2O5S/c1-4-23-11-12-24-17-5-7-18(8-6-17)26(21,22)19-9-10-20-13-15(2)25-16(3)14-20/h5-8,15-16,19H,4,9-14H2,1-3H3. The SMILES string of the molecule is CCOCCOc1ccc(S(=O)(=O)NCCN2CC(C)OC(C)C2)cc1. The van der Waals surface area contributed by atoms with Crippen LogP contribution in [0.2, 0.25) is 0 Å². The number of hydrogen-bond acceptors (Lipinski definition) is 6. The Balaban J connectivity index is 1.79. The maximum absolute atomic E-state index is 12.4. The van der Waals surface area contributed by atoms with Gasteiger partial charge >= 0.3 is 0 Å². The molecule has 2 atom stereocenters. The minimum Gasteiger partial charge on any atom is -0.491 e. The van der Waals surface area contributed by atoms with Gasteiger partial charge in [0.2, 0.25) is 10.0 Å². The van der Waals surface area contributed by atoms with E-state index in [0.29, 0.717) is 38.7 Å². The van der Waals surface area contributed by atoms with Crippen LogP contribution in [0.5, 0.6) is 5.75 Å². The molecule has 0 aliphatic carbocycles. The highest BCUT2D eigenvalue weighted by atomic mass is 32.2. The van der Waals surface area contributed by atoms with Gasteiger partial charge in [0, 0.05) is 32.8 Å². The van der Waals surface area contributed by atoms with E-state index >= 15 is 0 Å². The van der Waals surface area contributed by atoms with Crippen molar-refractivity contribution in [2.24, 2.45) is 0 Å². The van der Waals surface area contributed by atoms with Gasteiger partial charge in [0.1, 0.15) is 12.4 Å². The Morgan fingerprint density at radius 1 is 1.15 bits per heavy atom. The minimum absolute atomic E-state index is 0.172. The molecule has 0 aromatic heterocycles. The van der Waals surface area contributed by atoms with E-state index in [2.05, 4.69) is 9.62 Å². The first-order valence-corrected chi connectivity index (χ1v) is 10.6. The number of hydrogen-bond donors (Lipinski definition) is 1. The van der Waals surface area contributed by atoms with Crippen molar-refractivity contribution in [3.05, 3.63) is 24.3 Å². The lowest BCUT2D eigenvalue weighted by Crippen LogP contribution is -2.47. The summed E-state index contributed by atoms with van der Waals surface area (Å²) in [5, 5.41) is 0. The number of sulfonamides is 1. The largest absolute Gasteiger partial charge is 0.491 e. The lowest BCUT2D eigenvalue weighted by Gasteiger charge is -2.35. The van der Waals surface area contributed by atoms with Crippen LogP contribution >= 0.6 is 0 Å². The number of nitrogens with one attached hydrogen (secondary N) is 1. The molecular weight excluding hydrogens is 356 g/mol. The lowest BCUT2D eigenvalue weighted by molar-refractivity contribution is -0.0671. The molecule has 0 amide bonds. The van der Waals surface area contributed by atoms with E-state index in [9.17, 15) is 8.42 Å². The highest BCUT2D eigenvalue weighted by molar-refractivity contribution is 7.89. The second-order valence-corrected chi connectivity index (χ2v) is 8.20. The first kappa shape index (κ1) is 21.1. The monoisotopic (exact) mass is 386 g/mol. The summed E-state index contributed by atoms with van der Waals surface area (Å²) >= 11 is 0. The van der Waals surface area contributed by atoms with Crippen LogP contribution in [0.1, 0.15) is 20.8 Å². The molecular formula is C18H30N2O5S. The van der Waals surface area contributed by atoms with Gasteiger partial charge in [-0.3, -0.25) is 4.90 Å². The van der Waals surface area contributed by atoms with Gasteiger partial charge in [-0.1, -0.05) is 0 Å². The molecule has 0 bridgehead atoms. The number of ether oxygens (including phenoxy) is 3. The van der Waals surface area contributed by atoms with Gasteiger partial charge in [-0.15, -0.1) is 0 Å². The molecule has 2 unspecified atom stereocenters. The van der Waals surface area contributed by atoms with Gasteiger partial charge in [-0.05, 0) is 45.0 Å². The van der Waals surface area contributed by atoms with E-state index in [1.165, 1.54) is 0 Å². The van der Waals surface area contributed by atoms with Gasteiger partial charge in [0.15, 0.2) is 0 Å². The highest BCUT2D eigenvalue weighted by Crippen LogP contribution is 2.16. The van der Waals surface area contributed by atoms with Crippen LogP contribution in [-0.4, -0.2) is 71.5 Å². The zero-order chi connectivity index (χ0) is 19.0. The van der Waals surface area contributed by atoms with Crippen LogP contribution in [0.25, 0.3) is 0 Å². The second kappa shape index (κ2) is 10.2. The fourth-order valence-corrected chi connectivity index (χ4v) is 3.99. The molecule has 1 N–H and O–H groups in total. The topological polar surface area (TPSA) is 77.1 Å². The maximum Gasteiger partial charge on any atom is 0.240 e. The molecule has 1 fully saturated rings. The Hall–Kier alpha value is -1.19. The van der Waals surface area contributed by atoms with E-state index in [0.717, 1.165) is 13.1 Å². The van der Waals surface area contributed by atoms with Crippen LogP contribution in [-0.2, 0) is 19.5 Å². The third-order valence-corrected chi connectivity index (χ3v) is 5.53. The zero-order valence-electron chi connectivity index (χ0n) is 15.8. The summed E-state index contributed by atoms with van der Waals surface area (Å²) in [7, 11) is -3.52. The van der Waals surface area contributed by atoms with Crippen molar-refractivity contribution in [2.75, 3.05) is 46.0 Å². The second-order valence-electron chi connectivity index (χ2n) is 6.43. The molecule has 7 nitrogen and oxygen atoms in total. The Labute approximate surface area is 156 Å². The highest BCUT2D eigenvalue weighted by Gasteiger charge is 2.22. The molecule has 2 rings (SSSR count). The molecule has 1 aromatic carbocycles. The first-order valence-electron chi connectivity index (χ1n) is 9.09. The fraction of sp³-hybridized carbons (Fsp3) is 0.667. The zero-order valence-corrected chi connectivity index (χ0v) is 16.6. The summed E-state index contributed by atoms with van der Waals surface area (Å²) in [6, 6.07) is 6.42. The Kier molecular flexibility index (Phi) is 8.30. The van der Waals surface area contributed by atoms with Gasteiger partial charge in [-0.2, -0.15) is 0 Å². The third kappa shape index (κ3) is 6.85. The van der Waals surface area contributed by atoms with E-state index in [-0.39, 0.29) is 17.1 Å². The molecule has 1 aromatic rings. The van der Waals surface area contributed by atoms with E-state index in [4.69, 9.17) is 14.2 Å². The maximum atomic E-state index is 12.4. The van der Waals surface area contributed by atoms with Gasteiger partial charge in [-0.25, -0.2) is 13.1 Å². The summed E-state index contributed by atoms with van der Waals surface area (Å²) in [5.41, 5.74) is 0. The summed E-state index contributed by atoms with van der Waals surface area (Å²) in [4.78, 5) is 2.45. The summed E-state index contributed by atoms with van der Waals surface area (Å²) in [6.07, 6.45) is 0.344. The number of benzene rings is 1. The summed E-state index contributed by atoms with van der Waals surface area (Å²) in [6.45, 7) is 10.3. The number of morpholine rings is 1. The van der Waals surface area contributed by atoms with Crippen LogP contribution in [0.4, 0.5) is 0 Å². The van der Waals surface area contributed by atoms with Crippen molar-refractivity contribution in [3.8, 4) is 5.75 Å². The molecule has 1 aliphatic heterocycles. The van der Waals surface area contributed by atoms with Crippen molar-refractivity contribution in [3.63, 3.8) is 0 Å². The van der Waals surface area contributed by atoms with Crippen molar-refractivity contribution >= 4 is 10.0 Å². The van der Waals surface area contributed by atoms with Crippen molar-refractivity contribution in [1.82, 2.24) is 9.62 Å². The predicted octanol–water partition coefficient (Wildman–Crippen LogP) is 1.49. The van der Waals surface area contributed by atoms with E-state index in [1.807, 2.05) is 20.8 Å². The van der Waals surface area contributed by atoms with Crippen LogP contribution < -0.4 is 9.46 Å². The third-order valence-electron chi connectivity index (χ3n) is 4.05. The predicted molar refractivity (Wildman–Crippen MR) is 100 cm³/mol. The smallest absolute Gasteiger partial charge is 0.240 e.